The summed E-state index contributed by atoms with van der Waals surface area (Å²) in [5, 5.41) is 0.589. The van der Waals surface area contributed by atoms with E-state index in [1.807, 2.05) is 6.92 Å². The van der Waals surface area contributed by atoms with Gasteiger partial charge in [0.2, 0.25) is 0 Å². The van der Waals surface area contributed by atoms with Crippen LogP contribution in [0.4, 0.5) is 0 Å². The second-order valence-corrected chi connectivity index (χ2v) is 4.88. The molecule has 0 spiro atoms. The van der Waals surface area contributed by atoms with Gasteiger partial charge in [-0.25, -0.2) is 4.79 Å². The van der Waals surface area contributed by atoms with Gasteiger partial charge in [0.05, 0.1) is 10.7 Å². The molecule has 0 amide bonds. The van der Waals surface area contributed by atoms with Gasteiger partial charge in [0, 0.05) is 11.2 Å². The maximum absolute atomic E-state index is 11.3. The van der Waals surface area contributed by atoms with E-state index in [1.54, 1.807) is 0 Å². The molecule has 16 heavy (non-hydrogen) atoms. The summed E-state index contributed by atoms with van der Waals surface area (Å²) in [7, 11) is 0. The monoisotopic (exact) mass is 241 g/mol. The van der Waals surface area contributed by atoms with E-state index >= 15 is 0 Å². The van der Waals surface area contributed by atoms with Gasteiger partial charge in [-0.15, -0.1) is 0 Å². The standard InChI is InChI=1S/C11H16ClN3O/c1-2-7-9(12)8(15-10(16)14-7)3-4-11(13)5-6-11/h2-6,13H2,1H3,(H,14,15,16). The molecule has 1 saturated carbocycles. The van der Waals surface area contributed by atoms with Crippen molar-refractivity contribution in [1.29, 1.82) is 0 Å². The maximum atomic E-state index is 11.3. The van der Waals surface area contributed by atoms with Gasteiger partial charge in [-0.1, -0.05) is 18.5 Å². The first-order valence-corrected chi connectivity index (χ1v) is 5.98. The molecule has 1 aliphatic carbocycles. The number of nitrogens with one attached hydrogen (secondary N) is 1. The third-order valence-corrected chi connectivity index (χ3v) is 3.56. The summed E-state index contributed by atoms with van der Waals surface area (Å²) in [5.41, 5.74) is 7.11. The van der Waals surface area contributed by atoms with Crippen LogP contribution in [0.1, 0.15) is 37.6 Å². The van der Waals surface area contributed by atoms with Crippen LogP contribution in [0.15, 0.2) is 4.79 Å². The number of H-pyrrole nitrogens is 1. The second kappa shape index (κ2) is 4.18. The molecule has 2 rings (SSSR count). The van der Waals surface area contributed by atoms with Gasteiger partial charge in [0.15, 0.2) is 0 Å². The lowest BCUT2D eigenvalue weighted by molar-refractivity contribution is 0.601. The lowest BCUT2D eigenvalue weighted by Gasteiger charge is -2.10. The van der Waals surface area contributed by atoms with E-state index in [0.29, 0.717) is 17.1 Å². The van der Waals surface area contributed by atoms with Gasteiger partial charge in [-0.2, -0.15) is 4.98 Å². The molecule has 0 bridgehead atoms. The van der Waals surface area contributed by atoms with Gasteiger partial charge in [-0.3, -0.25) is 0 Å². The zero-order valence-electron chi connectivity index (χ0n) is 9.35. The Morgan fingerprint density at radius 3 is 2.81 bits per heavy atom. The van der Waals surface area contributed by atoms with Crippen LogP contribution >= 0.6 is 11.6 Å². The zero-order valence-corrected chi connectivity index (χ0v) is 10.1. The Morgan fingerprint density at radius 2 is 2.25 bits per heavy atom. The molecule has 1 aromatic heterocycles. The molecule has 1 fully saturated rings. The van der Waals surface area contributed by atoms with Gasteiger partial charge >= 0.3 is 5.69 Å². The van der Waals surface area contributed by atoms with Crippen molar-refractivity contribution in [3.8, 4) is 0 Å². The highest BCUT2D eigenvalue weighted by Crippen LogP contribution is 2.36. The molecular weight excluding hydrogens is 226 g/mol. The summed E-state index contributed by atoms with van der Waals surface area (Å²) in [4.78, 5) is 17.8. The van der Waals surface area contributed by atoms with E-state index in [-0.39, 0.29) is 11.2 Å². The van der Waals surface area contributed by atoms with Crippen molar-refractivity contribution in [2.45, 2.75) is 44.6 Å². The number of hydrogen-bond donors (Lipinski definition) is 2. The van der Waals surface area contributed by atoms with Crippen LogP contribution in [0.2, 0.25) is 5.02 Å². The van der Waals surface area contributed by atoms with Crippen molar-refractivity contribution in [1.82, 2.24) is 9.97 Å². The number of aromatic nitrogens is 2. The Kier molecular flexibility index (Phi) is 3.04. The van der Waals surface area contributed by atoms with E-state index in [2.05, 4.69) is 9.97 Å². The third-order valence-electron chi connectivity index (χ3n) is 3.11. The van der Waals surface area contributed by atoms with Crippen LogP contribution in [0, 0.1) is 0 Å². The van der Waals surface area contributed by atoms with Crippen LogP contribution in [0.25, 0.3) is 0 Å². The molecular formula is C11H16ClN3O. The van der Waals surface area contributed by atoms with E-state index in [9.17, 15) is 4.79 Å². The molecule has 0 atom stereocenters. The predicted molar refractivity (Wildman–Crippen MR) is 63.7 cm³/mol. The van der Waals surface area contributed by atoms with Crippen molar-refractivity contribution in [2.75, 3.05) is 0 Å². The molecule has 1 aliphatic rings. The predicted octanol–water partition coefficient (Wildman–Crippen LogP) is 1.41. The fourth-order valence-electron chi connectivity index (χ4n) is 1.75. The SMILES string of the molecule is CCc1nc(=O)[nH]c(CCC2(N)CC2)c1Cl. The van der Waals surface area contributed by atoms with Crippen molar-refractivity contribution >= 4 is 11.6 Å². The molecule has 0 radical (unpaired) electrons. The van der Waals surface area contributed by atoms with E-state index in [4.69, 9.17) is 17.3 Å². The second-order valence-electron chi connectivity index (χ2n) is 4.50. The molecule has 0 saturated heterocycles. The number of nitrogens with zero attached hydrogens (tertiary/aromatic N) is 1. The average Bonchev–Trinajstić information content (AvgIpc) is 2.98. The minimum absolute atomic E-state index is 0.0180. The first-order valence-electron chi connectivity index (χ1n) is 5.60. The Labute approximate surface area is 99.2 Å². The fourth-order valence-corrected chi connectivity index (χ4v) is 2.07. The number of nitrogens with two attached hydrogens (primary N) is 1. The normalized spacial score (nSPS) is 17.4. The van der Waals surface area contributed by atoms with E-state index < -0.39 is 0 Å². The quantitative estimate of drug-likeness (QED) is 0.837. The van der Waals surface area contributed by atoms with Crippen molar-refractivity contribution in [3.05, 3.63) is 26.9 Å². The van der Waals surface area contributed by atoms with Crippen LogP contribution in [-0.4, -0.2) is 15.5 Å². The first kappa shape index (κ1) is 11.6. The molecule has 1 aromatic rings. The van der Waals surface area contributed by atoms with Crippen molar-refractivity contribution in [3.63, 3.8) is 0 Å². The lowest BCUT2D eigenvalue weighted by Crippen LogP contribution is -2.24. The Balaban J connectivity index is 2.19. The summed E-state index contributed by atoms with van der Waals surface area (Å²) in [5.74, 6) is 0. The maximum Gasteiger partial charge on any atom is 0.345 e. The number of aryl methyl sites for hydroxylation is 2. The number of hydrogen-bond acceptors (Lipinski definition) is 3. The summed E-state index contributed by atoms with van der Waals surface area (Å²) >= 11 is 6.16. The smallest absolute Gasteiger partial charge is 0.325 e. The minimum Gasteiger partial charge on any atom is -0.325 e. The number of aromatic amines is 1. The van der Waals surface area contributed by atoms with Crippen LogP contribution in [-0.2, 0) is 12.8 Å². The average molecular weight is 242 g/mol. The first-order chi connectivity index (χ1) is 7.54. The topological polar surface area (TPSA) is 71.8 Å². The van der Waals surface area contributed by atoms with Crippen LogP contribution in [0.5, 0.6) is 0 Å². The zero-order chi connectivity index (χ0) is 11.8. The minimum atomic E-state index is -0.321. The molecule has 3 N–H and O–H groups in total. The molecule has 5 heteroatoms. The molecule has 0 aromatic carbocycles. The highest BCUT2D eigenvalue weighted by atomic mass is 35.5. The van der Waals surface area contributed by atoms with Gasteiger partial charge in [-0.05, 0) is 32.1 Å². The molecule has 88 valence electrons. The van der Waals surface area contributed by atoms with Crippen molar-refractivity contribution in [2.24, 2.45) is 5.73 Å². The van der Waals surface area contributed by atoms with Gasteiger partial charge in [0.1, 0.15) is 0 Å². The highest BCUT2D eigenvalue weighted by Gasteiger charge is 2.37. The fraction of sp³-hybridized carbons (Fsp3) is 0.636. The highest BCUT2D eigenvalue weighted by molar-refractivity contribution is 6.31. The van der Waals surface area contributed by atoms with E-state index in [0.717, 1.165) is 31.4 Å². The summed E-state index contributed by atoms with van der Waals surface area (Å²) < 4.78 is 0. The molecule has 0 aliphatic heterocycles. The molecule has 4 nitrogen and oxygen atoms in total. The van der Waals surface area contributed by atoms with Gasteiger partial charge < -0.3 is 10.7 Å². The Bertz CT molecular complexity index is 451. The van der Waals surface area contributed by atoms with Crippen molar-refractivity contribution < 1.29 is 0 Å². The summed E-state index contributed by atoms with van der Waals surface area (Å²) in [6.45, 7) is 1.93. The molecule has 1 heterocycles. The van der Waals surface area contributed by atoms with E-state index in [1.165, 1.54) is 0 Å². The molecule has 0 unspecified atom stereocenters. The Hall–Kier alpha value is -0.870. The summed E-state index contributed by atoms with van der Waals surface area (Å²) in [6, 6.07) is 0. The Morgan fingerprint density at radius 1 is 1.56 bits per heavy atom. The van der Waals surface area contributed by atoms with Crippen LogP contribution < -0.4 is 11.4 Å². The largest absolute Gasteiger partial charge is 0.345 e. The third kappa shape index (κ3) is 2.44. The number of rotatable bonds is 4. The summed E-state index contributed by atoms with van der Waals surface area (Å²) in [6.07, 6.45) is 4.40. The van der Waals surface area contributed by atoms with Crippen LogP contribution in [0.3, 0.4) is 0 Å². The number of halogens is 1. The van der Waals surface area contributed by atoms with Gasteiger partial charge in [0.25, 0.3) is 0 Å². The lowest BCUT2D eigenvalue weighted by atomic mass is 10.1.